The maximum absolute atomic E-state index is 12.3. The van der Waals surface area contributed by atoms with Crippen molar-refractivity contribution in [1.29, 1.82) is 0 Å². The number of aromatic nitrogens is 3. The third-order valence-electron chi connectivity index (χ3n) is 4.33. The molecular weight excluding hydrogens is 316 g/mol. The highest BCUT2D eigenvalue weighted by atomic mass is 32.1. The zero-order chi connectivity index (χ0) is 15.5. The normalized spacial score (nSPS) is 16.1. The molecule has 118 valence electrons. The minimum absolute atomic E-state index is 0.264. The van der Waals surface area contributed by atoms with Gasteiger partial charge in [-0.25, -0.2) is 0 Å². The highest BCUT2D eigenvalue weighted by Gasteiger charge is 2.26. The van der Waals surface area contributed by atoms with Crippen LogP contribution in [-0.4, -0.2) is 38.7 Å². The Bertz CT molecular complexity index is 681. The number of aryl methyl sites for hydroxylation is 1. The van der Waals surface area contributed by atoms with Gasteiger partial charge in [-0.3, -0.25) is 9.89 Å². The number of carbonyl (C=O) groups excluding carboxylic acids is 1. The number of likely N-dealkylation sites (tertiary alicyclic amines) is 1. The summed E-state index contributed by atoms with van der Waals surface area (Å²) in [4.78, 5) is 14.3. The number of H-pyrrole nitrogens is 1. The van der Waals surface area contributed by atoms with Crippen molar-refractivity contribution in [3.05, 3.63) is 33.0 Å². The van der Waals surface area contributed by atoms with Crippen LogP contribution in [0.2, 0.25) is 0 Å². The average molecular weight is 336 g/mol. The lowest BCUT2D eigenvalue weighted by atomic mass is 9.95. The number of nitrogens with zero attached hydrogens (tertiary/aromatic N) is 3. The zero-order valence-corrected chi connectivity index (χ0v) is 14.3. The first-order valence-electron chi connectivity index (χ1n) is 7.55. The van der Waals surface area contributed by atoms with Crippen LogP contribution in [0.4, 0.5) is 0 Å². The number of hydrogen-bond donors (Lipinski definition) is 1. The molecule has 22 heavy (non-hydrogen) atoms. The maximum Gasteiger partial charge on any atom is 0.222 e. The van der Waals surface area contributed by atoms with Gasteiger partial charge in [0.2, 0.25) is 5.91 Å². The van der Waals surface area contributed by atoms with Crippen LogP contribution in [0.15, 0.2) is 16.8 Å². The standard InChI is InChI=1S/C15H20N4OS2/c1-18-14(16-17-15(18)21)12-4-7-19(8-5-12)13(20)3-2-11-6-9-22-10-11/h6,9-10,12H,2-5,7-8H2,1H3,(H,17,21). The fourth-order valence-corrected chi connectivity index (χ4v) is 3.80. The summed E-state index contributed by atoms with van der Waals surface area (Å²) in [6, 6.07) is 2.09. The van der Waals surface area contributed by atoms with E-state index in [1.54, 1.807) is 11.3 Å². The number of aromatic amines is 1. The number of piperidine rings is 1. The van der Waals surface area contributed by atoms with Crippen LogP contribution in [-0.2, 0) is 18.3 Å². The second-order valence-corrected chi connectivity index (χ2v) is 6.90. The first-order chi connectivity index (χ1) is 10.6. The summed E-state index contributed by atoms with van der Waals surface area (Å²) in [6.07, 6.45) is 3.36. The van der Waals surface area contributed by atoms with Crippen LogP contribution in [0, 0.1) is 4.77 Å². The summed E-state index contributed by atoms with van der Waals surface area (Å²) < 4.78 is 2.60. The summed E-state index contributed by atoms with van der Waals surface area (Å²) in [7, 11) is 1.94. The predicted molar refractivity (Wildman–Crippen MR) is 89.6 cm³/mol. The Morgan fingerprint density at radius 3 is 2.86 bits per heavy atom. The Kier molecular flexibility index (Phi) is 4.73. The van der Waals surface area contributed by atoms with Crippen molar-refractivity contribution >= 4 is 29.5 Å². The van der Waals surface area contributed by atoms with Crippen molar-refractivity contribution in [2.45, 2.75) is 31.6 Å². The molecule has 3 heterocycles. The van der Waals surface area contributed by atoms with E-state index >= 15 is 0 Å². The third kappa shape index (κ3) is 3.30. The van der Waals surface area contributed by atoms with E-state index in [-0.39, 0.29) is 5.91 Å². The van der Waals surface area contributed by atoms with Crippen molar-refractivity contribution in [3.63, 3.8) is 0 Å². The van der Waals surface area contributed by atoms with Crippen molar-refractivity contribution in [2.24, 2.45) is 7.05 Å². The number of rotatable bonds is 4. The van der Waals surface area contributed by atoms with E-state index in [0.717, 1.165) is 38.2 Å². The molecule has 5 nitrogen and oxygen atoms in total. The second-order valence-electron chi connectivity index (χ2n) is 5.73. The van der Waals surface area contributed by atoms with Crippen LogP contribution >= 0.6 is 23.6 Å². The summed E-state index contributed by atoms with van der Waals surface area (Å²) >= 11 is 6.85. The quantitative estimate of drug-likeness (QED) is 0.874. The monoisotopic (exact) mass is 336 g/mol. The zero-order valence-electron chi connectivity index (χ0n) is 12.6. The van der Waals surface area contributed by atoms with Crippen molar-refractivity contribution in [2.75, 3.05) is 13.1 Å². The predicted octanol–water partition coefficient (Wildman–Crippen LogP) is 2.88. The van der Waals surface area contributed by atoms with E-state index < -0.39 is 0 Å². The molecule has 0 aromatic carbocycles. The molecule has 0 radical (unpaired) electrons. The SMILES string of the molecule is Cn1c(C2CCN(C(=O)CCc3ccsc3)CC2)n[nH]c1=S. The number of carbonyl (C=O) groups is 1. The molecular formula is C15H20N4OS2. The summed E-state index contributed by atoms with van der Waals surface area (Å²) in [6.45, 7) is 1.62. The van der Waals surface area contributed by atoms with E-state index in [4.69, 9.17) is 12.2 Å². The van der Waals surface area contributed by atoms with E-state index in [0.29, 0.717) is 17.1 Å². The first kappa shape index (κ1) is 15.4. The molecule has 1 fully saturated rings. The number of hydrogen-bond acceptors (Lipinski definition) is 4. The molecule has 1 amide bonds. The Hall–Kier alpha value is -1.47. The van der Waals surface area contributed by atoms with Crippen molar-refractivity contribution in [3.8, 4) is 0 Å². The molecule has 0 unspecified atom stereocenters. The Morgan fingerprint density at radius 2 is 2.27 bits per heavy atom. The van der Waals surface area contributed by atoms with Gasteiger partial charge in [-0.15, -0.1) is 0 Å². The van der Waals surface area contributed by atoms with Crippen LogP contribution < -0.4 is 0 Å². The number of nitrogens with one attached hydrogen (secondary N) is 1. The van der Waals surface area contributed by atoms with Gasteiger partial charge in [-0.1, -0.05) is 0 Å². The topological polar surface area (TPSA) is 53.9 Å². The lowest BCUT2D eigenvalue weighted by molar-refractivity contribution is -0.132. The van der Waals surface area contributed by atoms with Gasteiger partial charge in [0.15, 0.2) is 4.77 Å². The first-order valence-corrected chi connectivity index (χ1v) is 8.90. The van der Waals surface area contributed by atoms with E-state index in [1.807, 2.05) is 16.5 Å². The molecule has 0 saturated carbocycles. The van der Waals surface area contributed by atoms with E-state index in [1.165, 1.54) is 5.56 Å². The highest BCUT2D eigenvalue weighted by molar-refractivity contribution is 7.71. The average Bonchev–Trinajstić information content (AvgIpc) is 3.16. The summed E-state index contributed by atoms with van der Waals surface area (Å²) in [5, 5.41) is 11.3. The van der Waals surface area contributed by atoms with Crippen LogP contribution in [0.5, 0.6) is 0 Å². The Morgan fingerprint density at radius 1 is 1.50 bits per heavy atom. The van der Waals surface area contributed by atoms with Gasteiger partial charge in [0.1, 0.15) is 5.82 Å². The molecule has 0 bridgehead atoms. The minimum Gasteiger partial charge on any atom is -0.343 e. The van der Waals surface area contributed by atoms with Gasteiger partial charge in [0, 0.05) is 32.5 Å². The third-order valence-corrected chi connectivity index (χ3v) is 5.43. The van der Waals surface area contributed by atoms with Crippen LogP contribution in [0.1, 0.15) is 36.6 Å². The van der Waals surface area contributed by atoms with Crippen LogP contribution in [0.25, 0.3) is 0 Å². The lowest BCUT2D eigenvalue weighted by Gasteiger charge is -2.31. The summed E-state index contributed by atoms with van der Waals surface area (Å²) in [5.74, 6) is 1.66. The smallest absolute Gasteiger partial charge is 0.222 e. The van der Waals surface area contributed by atoms with E-state index in [9.17, 15) is 4.79 Å². The largest absolute Gasteiger partial charge is 0.343 e. The van der Waals surface area contributed by atoms with Gasteiger partial charge in [-0.05, 0) is 53.9 Å². The molecule has 1 aliphatic heterocycles. The minimum atomic E-state index is 0.264. The molecule has 1 N–H and O–H groups in total. The fraction of sp³-hybridized carbons (Fsp3) is 0.533. The second kappa shape index (κ2) is 6.75. The molecule has 0 aliphatic carbocycles. The lowest BCUT2D eigenvalue weighted by Crippen LogP contribution is -2.38. The van der Waals surface area contributed by atoms with E-state index in [2.05, 4.69) is 27.0 Å². The van der Waals surface area contributed by atoms with Crippen molar-refractivity contribution in [1.82, 2.24) is 19.7 Å². The molecule has 0 spiro atoms. The molecule has 7 heteroatoms. The van der Waals surface area contributed by atoms with Gasteiger partial charge in [0.25, 0.3) is 0 Å². The molecule has 2 aromatic rings. The highest BCUT2D eigenvalue weighted by Crippen LogP contribution is 2.26. The Balaban J connectivity index is 1.52. The van der Waals surface area contributed by atoms with Gasteiger partial charge in [0.05, 0.1) is 0 Å². The fourth-order valence-electron chi connectivity index (χ4n) is 2.96. The van der Waals surface area contributed by atoms with Crippen LogP contribution in [0.3, 0.4) is 0 Å². The van der Waals surface area contributed by atoms with Gasteiger partial charge in [-0.2, -0.15) is 16.4 Å². The van der Waals surface area contributed by atoms with Gasteiger partial charge >= 0.3 is 0 Å². The molecule has 3 rings (SSSR count). The molecule has 1 aliphatic rings. The molecule has 1 saturated heterocycles. The number of thiophene rings is 1. The summed E-state index contributed by atoms with van der Waals surface area (Å²) in [5.41, 5.74) is 1.26. The molecule has 2 aromatic heterocycles. The van der Waals surface area contributed by atoms with Gasteiger partial charge < -0.3 is 9.47 Å². The Labute approximate surface area is 139 Å². The maximum atomic E-state index is 12.3. The molecule has 0 atom stereocenters. The van der Waals surface area contributed by atoms with Crippen molar-refractivity contribution < 1.29 is 4.79 Å². The number of amides is 1.